The molecule has 1 amide bonds. The van der Waals surface area contributed by atoms with Crippen LogP contribution in [0.3, 0.4) is 0 Å². The molecule has 6 heteroatoms. The third-order valence-corrected chi connectivity index (χ3v) is 4.24. The van der Waals surface area contributed by atoms with Gasteiger partial charge in [0.05, 0.1) is 28.8 Å². The van der Waals surface area contributed by atoms with Gasteiger partial charge in [-0.15, -0.1) is 0 Å². The van der Waals surface area contributed by atoms with E-state index in [1.807, 2.05) is 0 Å². The monoisotopic (exact) mass is 316 g/mol. The van der Waals surface area contributed by atoms with E-state index in [0.717, 1.165) is 26.3 Å². The Morgan fingerprint density at radius 1 is 1.40 bits per heavy atom. The molecule has 1 heterocycles. The molecule has 1 fully saturated rings. The number of halogens is 2. The number of nitrogens with zero attached hydrogens (tertiary/aromatic N) is 1. The summed E-state index contributed by atoms with van der Waals surface area (Å²) in [6.07, 6.45) is 0. The topological polar surface area (TPSA) is 41.6 Å². The van der Waals surface area contributed by atoms with Crippen molar-refractivity contribution in [3.05, 3.63) is 33.8 Å². The Hall–Kier alpha value is -0.810. The molecule has 0 aliphatic carbocycles. The summed E-state index contributed by atoms with van der Waals surface area (Å²) in [7, 11) is 0. The first-order valence-corrected chi connectivity index (χ1v) is 7.39. The van der Waals surface area contributed by atoms with E-state index in [1.165, 1.54) is 0 Å². The minimum absolute atomic E-state index is 0.197. The minimum atomic E-state index is -0.197. The van der Waals surface area contributed by atoms with E-state index in [9.17, 15) is 4.79 Å². The van der Waals surface area contributed by atoms with Crippen LogP contribution in [-0.4, -0.2) is 49.7 Å². The van der Waals surface area contributed by atoms with E-state index in [4.69, 9.17) is 27.9 Å². The summed E-state index contributed by atoms with van der Waals surface area (Å²) >= 11 is 11.9. The van der Waals surface area contributed by atoms with Crippen molar-refractivity contribution in [1.29, 1.82) is 0 Å². The standard InChI is InChI=1S/C14H18Cl2N2O2/c1-10(18-5-7-20-8-6-18)9-17-14(19)11-3-2-4-12(15)13(11)16/h2-4,10H,5-9H2,1H3,(H,17,19). The Labute approximate surface area is 129 Å². The van der Waals surface area contributed by atoms with Crippen LogP contribution >= 0.6 is 23.2 Å². The smallest absolute Gasteiger partial charge is 0.252 e. The lowest BCUT2D eigenvalue weighted by Crippen LogP contribution is -2.47. The highest BCUT2D eigenvalue weighted by Crippen LogP contribution is 2.25. The molecule has 0 aromatic heterocycles. The molecule has 1 atom stereocenters. The third kappa shape index (κ3) is 3.85. The molecule has 110 valence electrons. The van der Waals surface area contributed by atoms with Crippen molar-refractivity contribution in [3.63, 3.8) is 0 Å². The van der Waals surface area contributed by atoms with Crippen molar-refractivity contribution in [2.75, 3.05) is 32.8 Å². The third-order valence-electron chi connectivity index (χ3n) is 3.42. The molecule has 0 radical (unpaired) electrons. The second-order valence-electron chi connectivity index (χ2n) is 4.81. The number of rotatable bonds is 4. The number of morpholine rings is 1. The Morgan fingerprint density at radius 3 is 2.80 bits per heavy atom. The van der Waals surface area contributed by atoms with Gasteiger partial charge in [-0.2, -0.15) is 0 Å². The number of ether oxygens (including phenoxy) is 1. The fourth-order valence-corrected chi connectivity index (χ4v) is 2.55. The number of amides is 1. The number of benzene rings is 1. The average Bonchev–Trinajstić information content (AvgIpc) is 2.48. The maximum absolute atomic E-state index is 12.1. The van der Waals surface area contributed by atoms with Gasteiger partial charge in [0.1, 0.15) is 0 Å². The van der Waals surface area contributed by atoms with Crippen LogP contribution < -0.4 is 5.32 Å². The van der Waals surface area contributed by atoms with Crippen LogP contribution in [-0.2, 0) is 4.74 Å². The van der Waals surface area contributed by atoms with Crippen LogP contribution in [0.1, 0.15) is 17.3 Å². The van der Waals surface area contributed by atoms with Crippen molar-refractivity contribution >= 4 is 29.1 Å². The normalized spacial score (nSPS) is 17.8. The van der Waals surface area contributed by atoms with Crippen LogP contribution in [0.2, 0.25) is 10.0 Å². The highest BCUT2D eigenvalue weighted by molar-refractivity contribution is 6.43. The van der Waals surface area contributed by atoms with Crippen molar-refractivity contribution in [3.8, 4) is 0 Å². The number of carbonyl (C=O) groups excluding carboxylic acids is 1. The van der Waals surface area contributed by atoms with Crippen LogP contribution in [0.4, 0.5) is 0 Å². The average molecular weight is 317 g/mol. The van der Waals surface area contributed by atoms with Crippen molar-refractivity contribution in [1.82, 2.24) is 10.2 Å². The number of nitrogens with one attached hydrogen (secondary N) is 1. The molecular weight excluding hydrogens is 299 g/mol. The van der Waals surface area contributed by atoms with E-state index < -0.39 is 0 Å². The second-order valence-corrected chi connectivity index (χ2v) is 5.59. The molecule has 1 N–H and O–H groups in total. The molecule has 1 saturated heterocycles. The summed E-state index contributed by atoms with van der Waals surface area (Å²) in [4.78, 5) is 14.4. The Bertz CT molecular complexity index is 476. The number of carbonyl (C=O) groups is 1. The van der Waals surface area contributed by atoms with Gasteiger partial charge in [-0.05, 0) is 19.1 Å². The second kappa shape index (κ2) is 7.27. The Morgan fingerprint density at radius 2 is 2.10 bits per heavy atom. The first-order valence-electron chi connectivity index (χ1n) is 6.63. The van der Waals surface area contributed by atoms with E-state index in [2.05, 4.69) is 17.1 Å². The Kier molecular flexibility index (Phi) is 5.66. The van der Waals surface area contributed by atoms with Gasteiger partial charge in [-0.1, -0.05) is 29.3 Å². The highest BCUT2D eigenvalue weighted by atomic mass is 35.5. The summed E-state index contributed by atoms with van der Waals surface area (Å²) < 4.78 is 5.31. The SMILES string of the molecule is CC(CNC(=O)c1cccc(Cl)c1Cl)N1CCOCC1. The molecule has 0 bridgehead atoms. The predicted molar refractivity (Wildman–Crippen MR) is 80.6 cm³/mol. The summed E-state index contributed by atoms with van der Waals surface area (Å²) in [6, 6.07) is 5.31. The summed E-state index contributed by atoms with van der Waals surface area (Å²) in [5.74, 6) is -0.197. The maximum Gasteiger partial charge on any atom is 0.252 e. The zero-order chi connectivity index (χ0) is 14.5. The van der Waals surface area contributed by atoms with E-state index in [-0.39, 0.29) is 11.9 Å². The molecule has 1 unspecified atom stereocenters. The lowest BCUT2D eigenvalue weighted by atomic mass is 10.2. The van der Waals surface area contributed by atoms with Gasteiger partial charge in [0.25, 0.3) is 5.91 Å². The molecule has 0 saturated carbocycles. The number of hydrogen-bond acceptors (Lipinski definition) is 3. The van der Waals surface area contributed by atoms with Gasteiger partial charge >= 0.3 is 0 Å². The van der Waals surface area contributed by atoms with Gasteiger partial charge in [-0.3, -0.25) is 9.69 Å². The van der Waals surface area contributed by atoms with Gasteiger partial charge in [0.2, 0.25) is 0 Å². The summed E-state index contributed by atoms with van der Waals surface area (Å²) in [6.45, 7) is 5.95. The van der Waals surface area contributed by atoms with E-state index in [0.29, 0.717) is 22.2 Å². The van der Waals surface area contributed by atoms with Crippen LogP contribution in [0.25, 0.3) is 0 Å². The van der Waals surface area contributed by atoms with Crippen molar-refractivity contribution in [2.45, 2.75) is 13.0 Å². The van der Waals surface area contributed by atoms with E-state index in [1.54, 1.807) is 18.2 Å². The van der Waals surface area contributed by atoms with Gasteiger partial charge in [0.15, 0.2) is 0 Å². The molecule has 2 rings (SSSR count). The van der Waals surface area contributed by atoms with Gasteiger partial charge < -0.3 is 10.1 Å². The van der Waals surface area contributed by atoms with Crippen LogP contribution in [0.5, 0.6) is 0 Å². The molecule has 1 aliphatic heterocycles. The lowest BCUT2D eigenvalue weighted by molar-refractivity contribution is 0.0204. The minimum Gasteiger partial charge on any atom is -0.379 e. The fourth-order valence-electron chi connectivity index (χ4n) is 2.16. The molecule has 1 aromatic rings. The molecule has 1 aromatic carbocycles. The molecular formula is C14H18Cl2N2O2. The zero-order valence-corrected chi connectivity index (χ0v) is 12.9. The number of hydrogen-bond donors (Lipinski definition) is 1. The first kappa shape index (κ1) is 15.6. The zero-order valence-electron chi connectivity index (χ0n) is 11.4. The van der Waals surface area contributed by atoms with Gasteiger partial charge in [0, 0.05) is 25.7 Å². The highest BCUT2D eigenvalue weighted by Gasteiger charge is 2.18. The molecule has 1 aliphatic rings. The largest absolute Gasteiger partial charge is 0.379 e. The summed E-state index contributed by atoms with van der Waals surface area (Å²) in [5, 5.41) is 3.59. The summed E-state index contributed by atoms with van der Waals surface area (Å²) in [5.41, 5.74) is 0.411. The Balaban J connectivity index is 1.89. The quantitative estimate of drug-likeness (QED) is 0.927. The van der Waals surface area contributed by atoms with Gasteiger partial charge in [-0.25, -0.2) is 0 Å². The predicted octanol–water partition coefficient (Wildman–Crippen LogP) is 2.44. The maximum atomic E-state index is 12.1. The molecule has 4 nitrogen and oxygen atoms in total. The fraction of sp³-hybridized carbons (Fsp3) is 0.500. The lowest BCUT2D eigenvalue weighted by Gasteiger charge is -2.32. The molecule has 20 heavy (non-hydrogen) atoms. The first-order chi connectivity index (χ1) is 9.59. The van der Waals surface area contributed by atoms with Crippen LogP contribution in [0.15, 0.2) is 18.2 Å². The van der Waals surface area contributed by atoms with Crippen LogP contribution in [0, 0.1) is 0 Å². The van der Waals surface area contributed by atoms with Crippen molar-refractivity contribution < 1.29 is 9.53 Å². The molecule has 0 spiro atoms. The van der Waals surface area contributed by atoms with Crippen molar-refractivity contribution in [2.24, 2.45) is 0 Å². The van der Waals surface area contributed by atoms with E-state index >= 15 is 0 Å².